The molecule has 0 bridgehead atoms. The molecule has 0 fully saturated rings. The first-order valence-corrected chi connectivity index (χ1v) is 7.78. The molecule has 0 aliphatic carbocycles. The summed E-state index contributed by atoms with van der Waals surface area (Å²) in [7, 11) is 3.02. The number of hydrogen-bond acceptors (Lipinski definition) is 4. The van der Waals surface area contributed by atoms with Crippen LogP contribution in [0.1, 0.15) is 15.9 Å². The number of Topliss-reactive ketones (excluding diaryl/α,β-unsaturated/α-hetero) is 1. The molecule has 4 nitrogen and oxygen atoms in total. The Morgan fingerprint density at radius 1 is 1.25 bits per heavy atom. The Kier molecular flexibility index (Phi) is 4.62. The fourth-order valence-corrected chi connectivity index (χ4v) is 2.89. The van der Waals surface area contributed by atoms with Gasteiger partial charge in [0.25, 0.3) is 0 Å². The molecule has 0 aromatic heterocycles. The second-order valence-corrected chi connectivity index (χ2v) is 5.93. The molecule has 0 saturated heterocycles. The van der Waals surface area contributed by atoms with Gasteiger partial charge in [-0.1, -0.05) is 17.7 Å². The molecule has 2 aromatic rings. The number of ether oxygens (including phenoxy) is 3. The maximum absolute atomic E-state index is 13.6. The SMILES string of the molecule is COc1cc(OC)c2c(c1)OCC(Cc1ccc(Cl)c(F)c1)C2=O. The zero-order valence-electron chi connectivity index (χ0n) is 13.3. The lowest BCUT2D eigenvalue weighted by Crippen LogP contribution is -2.30. The molecule has 1 heterocycles. The third-order valence-electron chi connectivity index (χ3n) is 4.02. The number of ketones is 1. The van der Waals surface area contributed by atoms with E-state index in [2.05, 4.69) is 0 Å². The van der Waals surface area contributed by atoms with Crippen LogP contribution in [0, 0.1) is 11.7 Å². The Labute approximate surface area is 144 Å². The van der Waals surface area contributed by atoms with E-state index in [9.17, 15) is 9.18 Å². The predicted molar refractivity (Wildman–Crippen MR) is 88.0 cm³/mol. The van der Waals surface area contributed by atoms with E-state index in [1.807, 2.05) is 0 Å². The van der Waals surface area contributed by atoms with Gasteiger partial charge in [-0.3, -0.25) is 4.79 Å². The molecule has 24 heavy (non-hydrogen) atoms. The Morgan fingerprint density at radius 3 is 2.71 bits per heavy atom. The number of methoxy groups -OCH3 is 2. The Balaban J connectivity index is 1.90. The standard InChI is InChI=1S/C18H16ClFO4/c1-22-12-7-15(23-2)17-16(8-12)24-9-11(18(17)21)5-10-3-4-13(19)14(20)6-10/h3-4,6-8,11H,5,9H2,1-2H3. The second-order valence-electron chi connectivity index (χ2n) is 5.53. The zero-order valence-corrected chi connectivity index (χ0v) is 14.0. The molecule has 0 N–H and O–H groups in total. The zero-order chi connectivity index (χ0) is 17.3. The number of carbonyl (C=O) groups is 1. The normalized spacial score (nSPS) is 16.3. The quantitative estimate of drug-likeness (QED) is 0.838. The lowest BCUT2D eigenvalue weighted by atomic mass is 9.89. The maximum atomic E-state index is 13.6. The second kappa shape index (κ2) is 6.69. The summed E-state index contributed by atoms with van der Waals surface area (Å²) in [5, 5.41) is 0.0593. The minimum atomic E-state index is -0.499. The summed E-state index contributed by atoms with van der Waals surface area (Å²) >= 11 is 5.69. The van der Waals surface area contributed by atoms with E-state index >= 15 is 0 Å². The van der Waals surface area contributed by atoms with Gasteiger partial charge in [0.05, 0.1) is 31.8 Å². The minimum absolute atomic E-state index is 0.0593. The van der Waals surface area contributed by atoms with Gasteiger partial charge in [0.1, 0.15) is 28.6 Å². The van der Waals surface area contributed by atoms with Gasteiger partial charge < -0.3 is 14.2 Å². The Hall–Kier alpha value is -2.27. The number of fused-ring (bicyclic) bond motifs is 1. The molecule has 0 radical (unpaired) electrons. The molecule has 0 saturated carbocycles. The lowest BCUT2D eigenvalue weighted by Gasteiger charge is -2.26. The molecule has 0 spiro atoms. The molecular weight excluding hydrogens is 335 g/mol. The maximum Gasteiger partial charge on any atom is 0.177 e. The van der Waals surface area contributed by atoms with Gasteiger partial charge in [0, 0.05) is 12.1 Å². The van der Waals surface area contributed by atoms with Gasteiger partial charge in [-0.05, 0) is 24.1 Å². The summed E-state index contributed by atoms with van der Waals surface area (Å²) in [6.07, 6.45) is 0.363. The molecule has 0 amide bonds. The molecule has 126 valence electrons. The van der Waals surface area contributed by atoms with Gasteiger partial charge >= 0.3 is 0 Å². The van der Waals surface area contributed by atoms with Crippen LogP contribution >= 0.6 is 11.6 Å². The van der Waals surface area contributed by atoms with E-state index < -0.39 is 11.7 Å². The van der Waals surface area contributed by atoms with Gasteiger partial charge in [0.2, 0.25) is 0 Å². The largest absolute Gasteiger partial charge is 0.496 e. The van der Waals surface area contributed by atoms with Crippen LogP contribution in [0.3, 0.4) is 0 Å². The fourth-order valence-electron chi connectivity index (χ4n) is 2.77. The average molecular weight is 351 g/mol. The van der Waals surface area contributed by atoms with Crippen molar-refractivity contribution < 1.29 is 23.4 Å². The highest BCUT2D eigenvalue weighted by Gasteiger charge is 2.32. The summed E-state index contributed by atoms with van der Waals surface area (Å²) in [5.41, 5.74) is 1.08. The first-order valence-electron chi connectivity index (χ1n) is 7.40. The molecular formula is C18H16ClFO4. The number of benzene rings is 2. The summed E-state index contributed by atoms with van der Waals surface area (Å²) in [6, 6.07) is 7.84. The van der Waals surface area contributed by atoms with E-state index in [0.717, 1.165) is 0 Å². The Bertz CT molecular complexity index is 774. The highest BCUT2D eigenvalue weighted by molar-refractivity contribution is 6.30. The van der Waals surface area contributed by atoms with Crippen molar-refractivity contribution in [3.8, 4) is 17.2 Å². The lowest BCUT2D eigenvalue weighted by molar-refractivity contribution is 0.0825. The first kappa shape index (κ1) is 16.6. The molecule has 3 rings (SSSR count). The van der Waals surface area contributed by atoms with Crippen LogP contribution in [0.4, 0.5) is 4.39 Å². The number of hydrogen-bond donors (Lipinski definition) is 0. The Morgan fingerprint density at radius 2 is 2.04 bits per heavy atom. The summed E-state index contributed by atoms with van der Waals surface area (Å²) < 4.78 is 29.8. The predicted octanol–water partition coefficient (Wildman–Crippen LogP) is 3.93. The van der Waals surface area contributed by atoms with Crippen molar-refractivity contribution in [2.24, 2.45) is 5.92 Å². The molecule has 1 aliphatic heterocycles. The average Bonchev–Trinajstić information content (AvgIpc) is 2.59. The monoisotopic (exact) mass is 350 g/mol. The third-order valence-corrected chi connectivity index (χ3v) is 4.32. The van der Waals surface area contributed by atoms with Crippen LogP contribution in [0.25, 0.3) is 0 Å². The highest BCUT2D eigenvalue weighted by atomic mass is 35.5. The summed E-state index contributed by atoms with van der Waals surface area (Å²) in [6.45, 7) is 0.215. The fraction of sp³-hybridized carbons (Fsp3) is 0.278. The molecule has 1 aliphatic rings. The van der Waals surface area contributed by atoms with Gasteiger partial charge in [-0.2, -0.15) is 0 Å². The molecule has 2 aromatic carbocycles. The first-order chi connectivity index (χ1) is 11.5. The molecule has 1 atom stereocenters. The van der Waals surface area contributed by atoms with Crippen molar-refractivity contribution in [1.82, 2.24) is 0 Å². The van der Waals surface area contributed by atoms with Crippen LogP contribution < -0.4 is 14.2 Å². The van der Waals surface area contributed by atoms with Crippen molar-refractivity contribution in [3.63, 3.8) is 0 Å². The van der Waals surface area contributed by atoms with Crippen LogP contribution in [-0.4, -0.2) is 26.6 Å². The smallest absolute Gasteiger partial charge is 0.177 e. The molecule has 1 unspecified atom stereocenters. The van der Waals surface area contributed by atoms with Crippen molar-refractivity contribution in [1.29, 1.82) is 0 Å². The van der Waals surface area contributed by atoms with E-state index in [4.69, 9.17) is 25.8 Å². The summed E-state index contributed by atoms with van der Waals surface area (Å²) in [5.74, 6) is 0.389. The number of rotatable bonds is 4. The van der Waals surface area contributed by atoms with Gasteiger partial charge in [-0.15, -0.1) is 0 Å². The van der Waals surface area contributed by atoms with Crippen molar-refractivity contribution in [2.75, 3.05) is 20.8 Å². The minimum Gasteiger partial charge on any atom is -0.496 e. The van der Waals surface area contributed by atoms with Crippen molar-refractivity contribution in [3.05, 3.63) is 52.3 Å². The van der Waals surface area contributed by atoms with Crippen LogP contribution in [-0.2, 0) is 6.42 Å². The van der Waals surface area contributed by atoms with Crippen molar-refractivity contribution in [2.45, 2.75) is 6.42 Å². The van der Waals surface area contributed by atoms with Gasteiger partial charge in [-0.25, -0.2) is 4.39 Å². The number of carbonyl (C=O) groups excluding carboxylic acids is 1. The van der Waals surface area contributed by atoms with Crippen LogP contribution in [0.5, 0.6) is 17.2 Å². The topological polar surface area (TPSA) is 44.8 Å². The highest BCUT2D eigenvalue weighted by Crippen LogP contribution is 2.39. The number of halogens is 2. The van der Waals surface area contributed by atoms with Crippen LogP contribution in [0.2, 0.25) is 5.02 Å². The van der Waals surface area contributed by atoms with E-state index in [1.54, 1.807) is 18.2 Å². The third kappa shape index (κ3) is 3.04. The van der Waals surface area contributed by atoms with Crippen molar-refractivity contribution >= 4 is 17.4 Å². The van der Waals surface area contributed by atoms with E-state index in [0.29, 0.717) is 34.8 Å². The van der Waals surface area contributed by atoms with E-state index in [1.165, 1.54) is 26.4 Å². The molecule has 6 heteroatoms. The van der Waals surface area contributed by atoms with E-state index in [-0.39, 0.29) is 17.4 Å². The summed E-state index contributed by atoms with van der Waals surface area (Å²) in [4.78, 5) is 12.8. The van der Waals surface area contributed by atoms with Crippen LogP contribution in [0.15, 0.2) is 30.3 Å². The van der Waals surface area contributed by atoms with Gasteiger partial charge in [0.15, 0.2) is 5.78 Å².